The van der Waals surface area contributed by atoms with Gasteiger partial charge in [-0.05, 0) is 17.7 Å². The fraction of sp³-hybridized carbons (Fsp3) is 0.385. The van der Waals surface area contributed by atoms with E-state index in [1.165, 1.54) is 0 Å². The van der Waals surface area contributed by atoms with Crippen LogP contribution in [0.2, 0.25) is 5.02 Å². The van der Waals surface area contributed by atoms with Crippen LogP contribution in [0, 0.1) is 0 Å². The molecule has 0 aliphatic rings. The lowest BCUT2D eigenvalue weighted by Crippen LogP contribution is -2.16. The van der Waals surface area contributed by atoms with Gasteiger partial charge in [0.2, 0.25) is 11.9 Å². The second kappa shape index (κ2) is 5.48. The quantitative estimate of drug-likeness (QED) is 0.859. The fourth-order valence-corrected chi connectivity index (χ4v) is 1.84. The Morgan fingerprint density at radius 2 is 1.68 bits per heavy atom. The van der Waals surface area contributed by atoms with Gasteiger partial charge in [0, 0.05) is 33.2 Å². The molecule has 6 heteroatoms. The van der Waals surface area contributed by atoms with Gasteiger partial charge < -0.3 is 9.80 Å². The zero-order valence-electron chi connectivity index (χ0n) is 11.6. The van der Waals surface area contributed by atoms with E-state index in [4.69, 9.17) is 11.6 Å². The molecule has 0 atom stereocenters. The predicted octanol–water partition coefficient (Wildman–Crippen LogP) is 2.11. The smallest absolute Gasteiger partial charge is 0.246 e. The van der Waals surface area contributed by atoms with Gasteiger partial charge in [-0.1, -0.05) is 23.7 Å². The first-order valence-electron chi connectivity index (χ1n) is 6.01. The van der Waals surface area contributed by atoms with Crippen LogP contribution < -0.4 is 9.80 Å². The summed E-state index contributed by atoms with van der Waals surface area (Å²) in [6.07, 6.45) is 0. The highest BCUT2D eigenvalue weighted by atomic mass is 35.5. The maximum Gasteiger partial charge on any atom is 0.246 e. The number of rotatable bonds is 4. The van der Waals surface area contributed by atoms with Crippen LogP contribution >= 0.6 is 11.6 Å². The molecule has 0 fully saturated rings. The van der Waals surface area contributed by atoms with Crippen LogP contribution in [0.5, 0.6) is 0 Å². The standard InChI is InChI=1S/C13H18ClN5/c1-17(2)12-15-13(18(3)4)19(16-12)9-10-5-7-11(14)8-6-10/h5-8H,9H2,1-4H3. The number of anilines is 2. The van der Waals surface area contributed by atoms with Crippen molar-refractivity contribution < 1.29 is 0 Å². The predicted molar refractivity (Wildman–Crippen MR) is 79.2 cm³/mol. The third kappa shape index (κ3) is 3.17. The molecule has 0 aliphatic carbocycles. The Bertz CT molecular complexity index is 545. The van der Waals surface area contributed by atoms with E-state index < -0.39 is 0 Å². The summed E-state index contributed by atoms with van der Waals surface area (Å²) >= 11 is 5.89. The van der Waals surface area contributed by atoms with Gasteiger partial charge in [-0.2, -0.15) is 4.98 Å². The van der Waals surface area contributed by atoms with Gasteiger partial charge in [-0.25, -0.2) is 4.68 Å². The first-order valence-corrected chi connectivity index (χ1v) is 6.39. The van der Waals surface area contributed by atoms with Crippen molar-refractivity contribution in [3.8, 4) is 0 Å². The third-order valence-corrected chi connectivity index (χ3v) is 2.94. The minimum absolute atomic E-state index is 0.672. The molecule has 19 heavy (non-hydrogen) atoms. The summed E-state index contributed by atoms with van der Waals surface area (Å²) in [5.41, 5.74) is 1.14. The Labute approximate surface area is 118 Å². The average Bonchev–Trinajstić information content (AvgIpc) is 2.76. The van der Waals surface area contributed by atoms with Crippen molar-refractivity contribution in [2.24, 2.45) is 0 Å². The zero-order chi connectivity index (χ0) is 14.0. The van der Waals surface area contributed by atoms with Crippen molar-refractivity contribution in [3.05, 3.63) is 34.9 Å². The van der Waals surface area contributed by atoms with Crippen molar-refractivity contribution in [2.75, 3.05) is 38.0 Å². The summed E-state index contributed by atoms with van der Waals surface area (Å²) in [5, 5.41) is 5.25. The maximum atomic E-state index is 5.89. The molecule has 0 saturated heterocycles. The Kier molecular flexibility index (Phi) is 3.95. The maximum absolute atomic E-state index is 5.89. The van der Waals surface area contributed by atoms with Crippen LogP contribution in [0.1, 0.15) is 5.56 Å². The number of hydrogen-bond donors (Lipinski definition) is 0. The normalized spacial score (nSPS) is 10.6. The van der Waals surface area contributed by atoms with Gasteiger partial charge in [0.05, 0.1) is 6.54 Å². The van der Waals surface area contributed by atoms with Crippen molar-refractivity contribution >= 4 is 23.5 Å². The zero-order valence-corrected chi connectivity index (χ0v) is 12.4. The second-order valence-corrected chi connectivity index (χ2v) is 5.22. The summed E-state index contributed by atoms with van der Waals surface area (Å²) in [6.45, 7) is 0.672. The van der Waals surface area contributed by atoms with Crippen molar-refractivity contribution in [1.29, 1.82) is 0 Å². The van der Waals surface area contributed by atoms with Crippen LogP contribution in [0.25, 0.3) is 0 Å². The van der Waals surface area contributed by atoms with Crippen LogP contribution in [0.15, 0.2) is 24.3 Å². The molecule has 0 aliphatic heterocycles. The van der Waals surface area contributed by atoms with E-state index in [-0.39, 0.29) is 0 Å². The van der Waals surface area contributed by atoms with E-state index in [1.807, 2.05) is 66.9 Å². The first kappa shape index (κ1) is 13.7. The highest BCUT2D eigenvalue weighted by Gasteiger charge is 2.13. The van der Waals surface area contributed by atoms with Crippen LogP contribution in [-0.2, 0) is 6.54 Å². The first-order chi connectivity index (χ1) is 8.97. The van der Waals surface area contributed by atoms with Crippen molar-refractivity contribution in [3.63, 3.8) is 0 Å². The molecule has 0 amide bonds. The fourth-order valence-electron chi connectivity index (χ4n) is 1.71. The molecule has 0 spiro atoms. The largest absolute Gasteiger partial charge is 0.347 e. The molecule has 0 N–H and O–H groups in total. The van der Waals surface area contributed by atoms with Crippen LogP contribution in [0.4, 0.5) is 11.9 Å². The number of nitrogens with zero attached hydrogens (tertiary/aromatic N) is 5. The molecule has 1 heterocycles. The Hall–Kier alpha value is -1.75. The summed E-state index contributed by atoms with van der Waals surface area (Å²) in [7, 11) is 7.78. The van der Waals surface area contributed by atoms with E-state index in [0.29, 0.717) is 12.5 Å². The Morgan fingerprint density at radius 3 is 2.21 bits per heavy atom. The minimum atomic E-state index is 0.672. The monoisotopic (exact) mass is 279 g/mol. The highest BCUT2D eigenvalue weighted by Crippen LogP contribution is 2.17. The second-order valence-electron chi connectivity index (χ2n) is 4.78. The van der Waals surface area contributed by atoms with E-state index in [2.05, 4.69) is 10.1 Å². The van der Waals surface area contributed by atoms with Gasteiger partial charge in [-0.3, -0.25) is 0 Å². The number of hydrogen-bond acceptors (Lipinski definition) is 4. The molecular formula is C13H18ClN5. The van der Waals surface area contributed by atoms with Gasteiger partial charge in [0.1, 0.15) is 0 Å². The van der Waals surface area contributed by atoms with Crippen molar-refractivity contribution in [1.82, 2.24) is 14.8 Å². The number of halogens is 1. The number of aromatic nitrogens is 3. The summed E-state index contributed by atoms with van der Waals surface area (Å²) in [5.74, 6) is 1.54. The summed E-state index contributed by atoms with van der Waals surface area (Å²) in [4.78, 5) is 8.35. The SMILES string of the molecule is CN(C)c1nc(N(C)C)n(Cc2ccc(Cl)cc2)n1. The average molecular weight is 280 g/mol. The molecule has 0 radical (unpaired) electrons. The molecular weight excluding hydrogens is 262 g/mol. The van der Waals surface area contributed by atoms with Crippen LogP contribution in [-0.4, -0.2) is 43.0 Å². The van der Waals surface area contributed by atoms with Crippen molar-refractivity contribution in [2.45, 2.75) is 6.54 Å². The van der Waals surface area contributed by atoms with Crippen LogP contribution in [0.3, 0.4) is 0 Å². The molecule has 2 rings (SSSR count). The summed E-state index contributed by atoms with van der Waals surface area (Å²) in [6, 6.07) is 7.77. The highest BCUT2D eigenvalue weighted by molar-refractivity contribution is 6.30. The lowest BCUT2D eigenvalue weighted by molar-refractivity contribution is 0.676. The molecule has 102 valence electrons. The van der Waals surface area contributed by atoms with Gasteiger partial charge >= 0.3 is 0 Å². The van der Waals surface area contributed by atoms with E-state index >= 15 is 0 Å². The Morgan fingerprint density at radius 1 is 1.05 bits per heavy atom. The van der Waals surface area contributed by atoms with E-state index in [0.717, 1.165) is 16.5 Å². The Balaban J connectivity index is 2.30. The van der Waals surface area contributed by atoms with Gasteiger partial charge in [0.25, 0.3) is 0 Å². The lowest BCUT2D eigenvalue weighted by Gasteiger charge is -2.12. The molecule has 2 aromatic rings. The topological polar surface area (TPSA) is 37.2 Å². The molecule has 1 aromatic carbocycles. The summed E-state index contributed by atoms with van der Waals surface area (Å²) < 4.78 is 1.89. The van der Waals surface area contributed by atoms with E-state index in [9.17, 15) is 0 Å². The van der Waals surface area contributed by atoms with E-state index in [1.54, 1.807) is 0 Å². The lowest BCUT2D eigenvalue weighted by atomic mass is 10.2. The number of benzene rings is 1. The van der Waals surface area contributed by atoms with Gasteiger partial charge in [-0.15, -0.1) is 5.10 Å². The molecule has 5 nitrogen and oxygen atoms in total. The molecule has 0 bridgehead atoms. The molecule has 0 unspecified atom stereocenters. The molecule has 1 aromatic heterocycles. The molecule has 0 saturated carbocycles. The minimum Gasteiger partial charge on any atom is -0.347 e. The third-order valence-electron chi connectivity index (χ3n) is 2.69. The van der Waals surface area contributed by atoms with Gasteiger partial charge in [0.15, 0.2) is 0 Å².